The fourth-order valence-corrected chi connectivity index (χ4v) is 0.253. The summed E-state index contributed by atoms with van der Waals surface area (Å²) in [6.45, 7) is 5.17. The molecule has 0 heterocycles. The number of aliphatic hydroxyl groups is 2. The van der Waals surface area contributed by atoms with Crippen molar-refractivity contribution in [1.82, 2.24) is 0 Å². The molecule has 0 rings (SSSR count). The molecule has 0 aliphatic rings. The third-order valence-electron chi connectivity index (χ3n) is 1.06. The van der Waals surface area contributed by atoms with Crippen molar-refractivity contribution in [2.75, 3.05) is 0 Å². The minimum Gasteiger partial charge on any atom is -0.481 e. The minimum absolute atomic E-state index is 0.116. The quantitative estimate of drug-likeness (QED) is 0.592. The van der Waals surface area contributed by atoms with Crippen LogP contribution >= 0.6 is 0 Å². The Bertz CT molecular complexity index is 110. The molecule has 0 saturated heterocycles. The highest BCUT2D eigenvalue weighted by Gasteiger charge is 2.00. The highest BCUT2D eigenvalue weighted by molar-refractivity contribution is 5.67. The van der Waals surface area contributed by atoms with Gasteiger partial charge in [0.1, 0.15) is 0 Å². The molecule has 0 aromatic heterocycles. The fraction of sp³-hybridized carbons (Fsp3) is 0.875. The lowest BCUT2D eigenvalue weighted by molar-refractivity contribution is -0.138. The van der Waals surface area contributed by atoms with E-state index in [9.17, 15) is 4.79 Å². The van der Waals surface area contributed by atoms with Crippen LogP contribution in [0.2, 0.25) is 0 Å². The Balaban J connectivity index is 0. The molecule has 0 aromatic carbocycles. The van der Waals surface area contributed by atoms with E-state index in [0.29, 0.717) is 0 Å². The second-order valence-corrected chi connectivity index (χ2v) is 2.70. The predicted molar refractivity (Wildman–Crippen MR) is 45.9 cm³/mol. The zero-order chi connectivity index (χ0) is 10.1. The summed E-state index contributed by atoms with van der Waals surface area (Å²) in [4.78, 5) is 9.65. The molecule has 2 unspecified atom stereocenters. The van der Waals surface area contributed by atoms with Gasteiger partial charge < -0.3 is 15.3 Å². The van der Waals surface area contributed by atoms with Gasteiger partial charge in [-0.2, -0.15) is 0 Å². The van der Waals surface area contributed by atoms with E-state index in [1.165, 1.54) is 6.92 Å². The molecule has 0 bridgehead atoms. The molecule has 12 heavy (non-hydrogen) atoms. The SMILES string of the molecule is CC(O)CC(=O)O.CCC(C)O. The maximum absolute atomic E-state index is 9.65. The van der Waals surface area contributed by atoms with Crippen molar-refractivity contribution in [1.29, 1.82) is 0 Å². The first-order valence-electron chi connectivity index (χ1n) is 3.98. The Morgan fingerprint density at radius 1 is 1.25 bits per heavy atom. The first-order valence-corrected chi connectivity index (χ1v) is 3.98. The normalized spacial score (nSPS) is 14.1. The summed E-state index contributed by atoms with van der Waals surface area (Å²) in [6.07, 6.45) is -0.146. The van der Waals surface area contributed by atoms with Crippen molar-refractivity contribution in [3.63, 3.8) is 0 Å². The summed E-state index contributed by atoms with van der Waals surface area (Å²) in [5, 5.41) is 24.6. The molecule has 74 valence electrons. The minimum atomic E-state index is -0.963. The molecule has 0 spiro atoms. The van der Waals surface area contributed by atoms with E-state index in [1.807, 2.05) is 6.92 Å². The van der Waals surface area contributed by atoms with Crippen LogP contribution < -0.4 is 0 Å². The van der Waals surface area contributed by atoms with Gasteiger partial charge in [0, 0.05) is 0 Å². The molecule has 0 amide bonds. The van der Waals surface area contributed by atoms with Gasteiger partial charge in [-0.15, -0.1) is 0 Å². The summed E-state index contributed by atoms with van der Waals surface area (Å²) in [5.41, 5.74) is 0. The summed E-state index contributed by atoms with van der Waals surface area (Å²) in [7, 11) is 0. The number of hydrogen-bond donors (Lipinski definition) is 3. The van der Waals surface area contributed by atoms with Crippen molar-refractivity contribution in [3.8, 4) is 0 Å². The number of aliphatic carboxylic acids is 1. The Kier molecular flexibility index (Phi) is 9.86. The van der Waals surface area contributed by atoms with Crippen molar-refractivity contribution in [3.05, 3.63) is 0 Å². The lowest BCUT2D eigenvalue weighted by atomic mass is 10.3. The highest BCUT2D eigenvalue weighted by atomic mass is 16.4. The zero-order valence-electron chi connectivity index (χ0n) is 7.82. The summed E-state index contributed by atoms with van der Waals surface area (Å²) in [5.74, 6) is -0.963. The smallest absolute Gasteiger partial charge is 0.305 e. The Morgan fingerprint density at radius 3 is 1.58 bits per heavy atom. The molecule has 0 radical (unpaired) electrons. The number of hydrogen-bond acceptors (Lipinski definition) is 3. The number of carboxylic acid groups (broad SMARTS) is 1. The Hall–Kier alpha value is -0.610. The van der Waals surface area contributed by atoms with Crippen molar-refractivity contribution < 1.29 is 20.1 Å². The lowest BCUT2D eigenvalue weighted by Gasteiger charge is -1.94. The van der Waals surface area contributed by atoms with Crippen LogP contribution in [-0.2, 0) is 4.79 Å². The second kappa shape index (κ2) is 8.49. The Morgan fingerprint density at radius 2 is 1.58 bits per heavy atom. The van der Waals surface area contributed by atoms with Crippen molar-refractivity contribution >= 4 is 5.97 Å². The van der Waals surface area contributed by atoms with Crippen LogP contribution in [0.4, 0.5) is 0 Å². The van der Waals surface area contributed by atoms with E-state index in [2.05, 4.69) is 0 Å². The molecular weight excluding hydrogens is 160 g/mol. The maximum atomic E-state index is 9.65. The first-order chi connectivity index (χ1) is 5.40. The van der Waals surface area contributed by atoms with Gasteiger partial charge in [0.2, 0.25) is 0 Å². The molecule has 0 fully saturated rings. The number of rotatable bonds is 3. The van der Waals surface area contributed by atoms with Gasteiger partial charge in [-0.05, 0) is 20.3 Å². The van der Waals surface area contributed by atoms with Gasteiger partial charge in [-0.1, -0.05) is 6.92 Å². The van der Waals surface area contributed by atoms with Crippen LogP contribution in [0.5, 0.6) is 0 Å². The molecule has 0 saturated carbocycles. The molecule has 3 N–H and O–H groups in total. The fourth-order valence-electron chi connectivity index (χ4n) is 0.253. The second-order valence-electron chi connectivity index (χ2n) is 2.70. The van der Waals surface area contributed by atoms with Crippen LogP contribution in [0.1, 0.15) is 33.6 Å². The summed E-state index contributed by atoms with van der Waals surface area (Å²) < 4.78 is 0. The third kappa shape index (κ3) is 22.8. The van der Waals surface area contributed by atoms with E-state index < -0.39 is 12.1 Å². The zero-order valence-corrected chi connectivity index (χ0v) is 7.82. The molecule has 4 nitrogen and oxygen atoms in total. The van der Waals surface area contributed by atoms with Crippen LogP contribution in [0, 0.1) is 0 Å². The number of carbonyl (C=O) groups is 1. The average Bonchev–Trinajstić information content (AvgIpc) is 1.85. The van der Waals surface area contributed by atoms with Gasteiger partial charge in [0.25, 0.3) is 0 Å². The van der Waals surface area contributed by atoms with E-state index in [1.54, 1.807) is 6.92 Å². The van der Waals surface area contributed by atoms with Crippen molar-refractivity contribution in [2.45, 2.75) is 45.8 Å². The van der Waals surface area contributed by atoms with Gasteiger partial charge in [0.15, 0.2) is 0 Å². The van der Waals surface area contributed by atoms with Gasteiger partial charge in [-0.25, -0.2) is 0 Å². The molecular formula is C8H18O4. The first kappa shape index (κ1) is 13.9. The van der Waals surface area contributed by atoms with Crippen molar-refractivity contribution in [2.24, 2.45) is 0 Å². The predicted octanol–water partition coefficient (Wildman–Crippen LogP) is 0.619. The highest BCUT2D eigenvalue weighted by Crippen LogP contribution is 1.85. The maximum Gasteiger partial charge on any atom is 0.305 e. The van der Waals surface area contributed by atoms with E-state index >= 15 is 0 Å². The van der Waals surface area contributed by atoms with Gasteiger partial charge >= 0.3 is 5.97 Å². The number of carboxylic acids is 1. The summed E-state index contributed by atoms with van der Waals surface area (Å²) >= 11 is 0. The van der Waals surface area contributed by atoms with Crippen LogP contribution in [0.25, 0.3) is 0 Å². The monoisotopic (exact) mass is 178 g/mol. The molecule has 0 aliphatic heterocycles. The summed E-state index contributed by atoms with van der Waals surface area (Å²) in [6, 6.07) is 0. The molecule has 4 heteroatoms. The molecule has 0 aliphatic carbocycles. The molecule has 0 aromatic rings. The van der Waals surface area contributed by atoms with E-state index in [-0.39, 0.29) is 12.5 Å². The number of aliphatic hydroxyl groups excluding tert-OH is 2. The van der Waals surface area contributed by atoms with E-state index in [0.717, 1.165) is 6.42 Å². The standard InChI is InChI=1S/C4H8O3.C4H10O/c1-3(5)2-4(6)7;1-3-4(2)5/h3,5H,2H2,1H3,(H,6,7);4-5H,3H2,1-2H3. The lowest BCUT2D eigenvalue weighted by Crippen LogP contribution is -2.07. The Labute approximate surface area is 72.8 Å². The third-order valence-corrected chi connectivity index (χ3v) is 1.06. The average molecular weight is 178 g/mol. The van der Waals surface area contributed by atoms with Gasteiger partial charge in [-0.3, -0.25) is 4.79 Å². The topological polar surface area (TPSA) is 77.8 Å². The van der Waals surface area contributed by atoms with Crippen LogP contribution in [0.15, 0.2) is 0 Å². The van der Waals surface area contributed by atoms with Crippen LogP contribution in [-0.4, -0.2) is 33.5 Å². The van der Waals surface area contributed by atoms with Crippen LogP contribution in [0.3, 0.4) is 0 Å². The van der Waals surface area contributed by atoms with E-state index in [4.69, 9.17) is 15.3 Å². The largest absolute Gasteiger partial charge is 0.481 e. The van der Waals surface area contributed by atoms with Gasteiger partial charge in [0.05, 0.1) is 18.6 Å². The molecule has 2 atom stereocenters.